The predicted octanol–water partition coefficient (Wildman–Crippen LogP) is 2.44. The van der Waals surface area contributed by atoms with E-state index in [0.717, 1.165) is 19.0 Å². The Balaban J connectivity index is 0.00000264. The smallest absolute Gasteiger partial charge is 0.407 e. The fourth-order valence-corrected chi connectivity index (χ4v) is 3.07. The van der Waals surface area contributed by atoms with Crippen molar-refractivity contribution in [3.63, 3.8) is 0 Å². The Kier molecular flexibility index (Phi) is 9.01. The fourth-order valence-electron chi connectivity index (χ4n) is 3.07. The molecule has 1 amide bonds. The summed E-state index contributed by atoms with van der Waals surface area (Å²) < 4.78 is 5.00. The van der Waals surface area contributed by atoms with Gasteiger partial charge in [0.15, 0.2) is 5.96 Å². The molecule has 2 atom stereocenters. The number of carbonyl (C=O) groups excluding carboxylic acids is 1. The zero-order valence-corrected chi connectivity index (χ0v) is 16.8. The molecule has 23 heavy (non-hydrogen) atoms. The standard InChI is InChI=1S/C16H30N4O2.HI/c1-4-22-16(21)19-14(13-7-8-13)10-18-15(17-3)20-9-5-6-12(2)11-20;/h12-14H,4-11H2,1-3H3,(H,17,18)(H,19,21);1H. The molecular formula is C16H31IN4O2. The highest BCUT2D eigenvalue weighted by molar-refractivity contribution is 14.0. The number of aliphatic imine (C=N–C) groups is 1. The maximum Gasteiger partial charge on any atom is 0.407 e. The van der Waals surface area contributed by atoms with E-state index >= 15 is 0 Å². The number of piperidine rings is 1. The van der Waals surface area contributed by atoms with Gasteiger partial charge in [-0.25, -0.2) is 4.79 Å². The van der Waals surface area contributed by atoms with Crippen LogP contribution in [0.2, 0.25) is 0 Å². The van der Waals surface area contributed by atoms with Crippen LogP contribution in [0.5, 0.6) is 0 Å². The average molecular weight is 438 g/mol. The lowest BCUT2D eigenvalue weighted by Crippen LogP contribution is -2.51. The molecule has 0 aromatic heterocycles. The third kappa shape index (κ3) is 6.73. The summed E-state index contributed by atoms with van der Waals surface area (Å²) >= 11 is 0. The first-order chi connectivity index (χ1) is 10.6. The van der Waals surface area contributed by atoms with Crippen LogP contribution in [0, 0.1) is 11.8 Å². The first kappa shape index (κ1) is 20.3. The molecular weight excluding hydrogens is 407 g/mol. The Bertz CT molecular complexity index is 402. The van der Waals surface area contributed by atoms with E-state index in [-0.39, 0.29) is 36.1 Å². The van der Waals surface area contributed by atoms with E-state index < -0.39 is 0 Å². The predicted molar refractivity (Wildman–Crippen MR) is 103 cm³/mol. The van der Waals surface area contributed by atoms with Gasteiger partial charge in [0.2, 0.25) is 0 Å². The minimum absolute atomic E-state index is 0. The van der Waals surface area contributed by atoms with Crippen molar-refractivity contribution in [2.24, 2.45) is 16.8 Å². The number of hydrogen-bond donors (Lipinski definition) is 2. The van der Waals surface area contributed by atoms with Crippen LogP contribution < -0.4 is 10.6 Å². The SMILES string of the molecule is CCOC(=O)NC(CNC(=NC)N1CCCC(C)C1)C1CC1.I. The molecule has 2 unspecified atom stereocenters. The first-order valence-corrected chi connectivity index (χ1v) is 8.53. The van der Waals surface area contributed by atoms with Crippen LogP contribution in [0.15, 0.2) is 4.99 Å². The highest BCUT2D eigenvalue weighted by Crippen LogP contribution is 2.32. The van der Waals surface area contributed by atoms with Crippen molar-refractivity contribution < 1.29 is 9.53 Å². The average Bonchev–Trinajstić information content (AvgIpc) is 3.31. The minimum Gasteiger partial charge on any atom is -0.450 e. The molecule has 0 aromatic carbocycles. The Morgan fingerprint density at radius 2 is 2.13 bits per heavy atom. The molecule has 1 aliphatic carbocycles. The van der Waals surface area contributed by atoms with Gasteiger partial charge < -0.3 is 20.3 Å². The van der Waals surface area contributed by atoms with Gasteiger partial charge in [0.1, 0.15) is 0 Å². The number of halogens is 1. The van der Waals surface area contributed by atoms with Crippen molar-refractivity contribution in [2.45, 2.75) is 45.6 Å². The molecule has 1 saturated heterocycles. The summed E-state index contributed by atoms with van der Waals surface area (Å²) in [6, 6.07) is 0.123. The van der Waals surface area contributed by atoms with Gasteiger partial charge >= 0.3 is 6.09 Å². The summed E-state index contributed by atoms with van der Waals surface area (Å²) in [6.45, 7) is 7.34. The Labute approximate surface area is 156 Å². The quantitative estimate of drug-likeness (QED) is 0.393. The van der Waals surface area contributed by atoms with Crippen LogP contribution in [0.4, 0.5) is 4.79 Å². The van der Waals surface area contributed by atoms with Gasteiger partial charge in [-0.2, -0.15) is 0 Å². The third-order valence-electron chi connectivity index (χ3n) is 4.42. The van der Waals surface area contributed by atoms with Crippen LogP contribution in [0.3, 0.4) is 0 Å². The molecule has 1 saturated carbocycles. The number of guanidine groups is 1. The summed E-state index contributed by atoms with van der Waals surface area (Å²) in [7, 11) is 1.83. The molecule has 0 radical (unpaired) electrons. The lowest BCUT2D eigenvalue weighted by Gasteiger charge is -2.34. The van der Waals surface area contributed by atoms with E-state index in [1.165, 1.54) is 25.7 Å². The van der Waals surface area contributed by atoms with Crippen LogP contribution >= 0.6 is 24.0 Å². The van der Waals surface area contributed by atoms with E-state index in [9.17, 15) is 4.79 Å². The van der Waals surface area contributed by atoms with Crippen molar-refractivity contribution in [2.75, 3.05) is 33.3 Å². The number of likely N-dealkylation sites (tertiary alicyclic amines) is 1. The van der Waals surface area contributed by atoms with Crippen LogP contribution in [0.1, 0.15) is 39.5 Å². The number of amides is 1. The zero-order chi connectivity index (χ0) is 15.9. The van der Waals surface area contributed by atoms with Crippen molar-refractivity contribution in [1.82, 2.24) is 15.5 Å². The number of hydrogen-bond acceptors (Lipinski definition) is 3. The molecule has 1 aliphatic heterocycles. The maximum atomic E-state index is 11.6. The van der Waals surface area contributed by atoms with E-state index in [2.05, 4.69) is 27.4 Å². The van der Waals surface area contributed by atoms with Crippen LogP contribution in [0.25, 0.3) is 0 Å². The largest absolute Gasteiger partial charge is 0.450 e. The summed E-state index contributed by atoms with van der Waals surface area (Å²) in [5.74, 6) is 2.22. The molecule has 2 rings (SSSR count). The molecule has 134 valence electrons. The van der Waals surface area contributed by atoms with Gasteiger partial charge in [-0.1, -0.05) is 6.92 Å². The summed E-state index contributed by atoms with van der Waals surface area (Å²) in [6.07, 6.45) is 4.55. The van der Waals surface area contributed by atoms with Gasteiger partial charge in [-0.15, -0.1) is 24.0 Å². The first-order valence-electron chi connectivity index (χ1n) is 8.53. The number of nitrogens with one attached hydrogen (secondary N) is 2. The Hall–Kier alpha value is -0.730. The Morgan fingerprint density at radius 1 is 1.39 bits per heavy atom. The third-order valence-corrected chi connectivity index (χ3v) is 4.42. The fraction of sp³-hybridized carbons (Fsp3) is 0.875. The van der Waals surface area contributed by atoms with Crippen molar-refractivity contribution in [3.05, 3.63) is 0 Å². The molecule has 7 heteroatoms. The van der Waals surface area contributed by atoms with Gasteiger partial charge in [0.25, 0.3) is 0 Å². The lowest BCUT2D eigenvalue weighted by atomic mass is 10.0. The molecule has 1 heterocycles. The minimum atomic E-state index is -0.317. The number of carbonyl (C=O) groups is 1. The molecule has 0 spiro atoms. The van der Waals surface area contributed by atoms with E-state index in [4.69, 9.17) is 4.74 Å². The van der Waals surface area contributed by atoms with E-state index in [0.29, 0.717) is 25.0 Å². The number of alkyl carbamates (subject to hydrolysis) is 1. The number of nitrogens with zero attached hydrogens (tertiary/aromatic N) is 2. The highest BCUT2D eigenvalue weighted by Gasteiger charge is 2.33. The molecule has 6 nitrogen and oxygen atoms in total. The topological polar surface area (TPSA) is 66.0 Å². The van der Waals surface area contributed by atoms with E-state index in [1.807, 2.05) is 14.0 Å². The van der Waals surface area contributed by atoms with Crippen molar-refractivity contribution >= 4 is 36.0 Å². The number of rotatable bonds is 5. The molecule has 0 aromatic rings. The monoisotopic (exact) mass is 438 g/mol. The zero-order valence-electron chi connectivity index (χ0n) is 14.5. The molecule has 2 N–H and O–H groups in total. The second-order valence-corrected chi connectivity index (χ2v) is 6.43. The molecule has 2 aliphatic rings. The summed E-state index contributed by atoms with van der Waals surface area (Å²) in [5, 5.41) is 6.41. The van der Waals surface area contributed by atoms with Gasteiger partial charge in [0, 0.05) is 26.7 Å². The van der Waals surface area contributed by atoms with Gasteiger partial charge in [0.05, 0.1) is 12.6 Å². The second kappa shape index (κ2) is 10.2. The van der Waals surface area contributed by atoms with E-state index in [1.54, 1.807) is 0 Å². The lowest BCUT2D eigenvalue weighted by molar-refractivity contribution is 0.146. The van der Waals surface area contributed by atoms with Gasteiger partial charge in [-0.3, -0.25) is 4.99 Å². The molecule has 0 bridgehead atoms. The summed E-state index contributed by atoms with van der Waals surface area (Å²) in [4.78, 5) is 18.4. The second-order valence-electron chi connectivity index (χ2n) is 6.43. The van der Waals surface area contributed by atoms with Crippen molar-refractivity contribution in [1.29, 1.82) is 0 Å². The summed E-state index contributed by atoms with van der Waals surface area (Å²) in [5.41, 5.74) is 0. The normalized spacial score (nSPS) is 22.8. The number of ether oxygens (including phenoxy) is 1. The highest BCUT2D eigenvalue weighted by atomic mass is 127. The Morgan fingerprint density at radius 3 is 2.70 bits per heavy atom. The van der Waals surface area contributed by atoms with Crippen LogP contribution in [-0.2, 0) is 4.74 Å². The maximum absolute atomic E-state index is 11.6. The molecule has 2 fully saturated rings. The van der Waals surface area contributed by atoms with Crippen molar-refractivity contribution in [3.8, 4) is 0 Å². The van der Waals surface area contributed by atoms with Crippen LogP contribution in [-0.4, -0.2) is 56.3 Å². The van der Waals surface area contributed by atoms with Gasteiger partial charge in [-0.05, 0) is 44.4 Å².